The maximum Gasteiger partial charge on any atom is 0.407 e. The van der Waals surface area contributed by atoms with E-state index in [4.69, 9.17) is 9.97 Å². The highest BCUT2D eigenvalue weighted by Crippen LogP contribution is 2.62. The quantitative estimate of drug-likeness (QED) is 0.0902. The van der Waals surface area contributed by atoms with Crippen molar-refractivity contribution in [1.82, 2.24) is 40.4 Å². The number of alkyl carbamates (subject to hydrolysis) is 1. The van der Waals surface area contributed by atoms with Crippen molar-refractivity contribution in [2.75, 3.05) is 33.5 Å². The van der Waals surface area contributed by atoms with Crippen molar-refractivity contribution in [2.24, 2.45) is 5.41 Å². The molecule has 0 spiro atoms. The third-order valence-corrected chi connectivity index (χ3v) is 14.3. The molecule has 15 heteroatoms. The number of hydrogen-bond acceptors (Lipinski definition) is 8. The molecule has 4 fully saturated rings. The van der Waals surface area contributed by atoms with Gasteiger partial charge >= 0.3 is 11.7 Å². The lowest BCUT2D eigenvalue weighted by Crippen LogP contribution is -2.42. The second-order valence-electron chi connectivity index (χ2n) is 17.7. The zero-order valence-corrected chi connectivity index (χ0v) is 35.8. The third-order valence-electron chi connectivity index (χ3n) is 13.2. The lowest BCUT2D eigenvalue weighted by Gasteiger charge is -2.34. The SMILES string of the molecule is COC(=O)NCC(=O)N1C2CC(C)(C2)[C@H]1c1nc2c(ccc3cc(-c4ccc5c(ccc6[nH]c([C@@H]7CCCN7C(=O)[C@H](NC(=O)[P+](C)(C)O)c7ccccc7)nc65)c4)ccc32)[nH]1. The number of amides is 4. The van der Waals surface area contributed by atoms with E-state index < -0.39 is 25.3 Å². The molecule has 3 atom stereocenters. The number of nitrogens with one attached hydrogen (secondary N) is 4. The van der Waals surface area contributed by atoms with Crippen LogP contribution in [0.2, 0.25) is 0 Å². The summed E-state index contributed by atoms with van der Waals surface area (Å²) in [4.78, 5) is 83.8. The highest BCUT2D eigenvalue weighted by atomic mass is 31.2. The summed E-state index contributed by atoms with van der Waals surface area (Å²) in [6.07, 6.45) is 2.68. The number of aromatic amines is 2. The number of carbonyl (C=O) groups excluding carboxylic acids is 4. The molecule has 5 heterocycles. The van der Waals surface area contributed by atoms with Gasteiger partial charge in [0.1, 0.15) is 24.2 Å². The Bertz CT molecular complexity index is 2950. The largest absolute Gasteiger partial charge is 0.453 e. The van der Waals surface area contributed by atoms with Crippen LogP contribution in [-0.4, -0.2) is 97.8 Å². The highest BCUT2D eigenvalue weighted by Gasteiger charge is 2.62. The summed E-state index contributed by atoms with van der Waals surface area (Å²) < 4.78 is 4.67. The Hall–Kier alpha value is -6.37. The van der Waals surface area contributed by atoms with E-state index >= 15 is 0 Å². The van der Waals surface area contributed by atoms with Crippen LogP contribution in [-0.2, 0) is 14.3 Å². The molecule has 0 radical (unpaired) electrons. The first-order valence-electron chi connectivity index (χ1n) is 21.0. The molecule has 2 bridgehead atoms. The Balaban J connectivity index is 0.916. The van der Waals surface area contributed by atoms with Crippen LogP contribution in [0.5, 0.6) is 0 Å². The van der Waals surface area contributed by atoms with Crippen LogP contribution in [0, 0.1) is 5.41 Å². The summed E-state index contributed by atoms with van der Waals surface area (Å²) in [5.41, 5.74) is 5.62. The van der Waals surface area contributed by atoms with E-state index in [-0.39, 0.29) is 41.9 Å². The molecule has 5 N–H and O–H groups in total. The number of ether oxygens (including phenoxy) is 1. The Kier molecular flexibility index (Phi) is 9.56. The number of fused-ring (bicyclic) bond motifs is 7. The van der Waals surface area contributed by atoms with Crippen molar-refractivity contribution in [1.29, 1.82) is 0 Å². The Morgan fingerprint density at radius 1 is 0.871 bits per heavy atom. The Labute approximate surface area is 357 Å². The van der Waals surface area contributed by atoms with E-state index in [1.807, 2.05) is 47.4 Å². The maximum atomic E-state index is 14.3. The minimum Gasteiger partial charge on any atom is -0.453 e. The minimum absolute atomic E-state index is 0.0936. The molecule has 316 valence electrons. The molecule has 4 aliphatic rings. The summed E-state index contributed by atoms with van der Waals surface area (Å²) in [5, 5.41) is 9.47. The standard InChI is InChI=1S/C47H47N8O6P/c1-47-23-31(24-47)55(37(56)25-48-45(58)61-2)41(47)43-50-35-19-15-30-22-28(13-17-33(30)40(35)52-43)27-12-16-32-29(21-27)14-18-34-39(32)51-42(49-34)36-11-8-20-54(36)44(57)38(26-9-6-5-7-10-26)53-46(59)62(3,4)60/h5-7,9-10,12-19,21-22,31,36,38,41,60H,8,11,20,23-25H2,1-4H3,(H3-,48,49,50,51,52,53,58,59)/p+1/t31?,36-,38+,41+,47?/m0/s1. The smallest absolute Gasteiger partial charge is 0.407 e. The summed E-state index contributed by atoms with van der Waals surface area (Å²) in [6.45, 7) is 5.63. The minimum atomic E-state index is -2.89. The second-order valence-corrected chi connectivity index (χ2v) is 20.9. The number of hydrogen-bond donors (Lipinski definition) is 5. The zero-order chi connectivity index (χ0) is 43.1. The first-order chi connectivity index (χ1) is 29.8. The molecule has 62 heavy (non-hydrogen) atoms. The van der Waals surface area contributed by atoms with Crippen molar-refractivity contribution < 1.29 is 28.8 Å². The molecular formula is C47H48N8O6P+. The number of H-pyrrole nitrogens is 2. The van der Waals surface area contributed by atoms with Gasteiger partial charge in [-0.3, -0.25) is 9.59 Å². The number of imidazole rings is 2. The first-order valence-corrected chi connectivity index (χ1v) is 23.6. The number of methoxy groups -OCH3 is 1. The molecule has 3 aliphatic heterocycles. The molecule has 5 aromatic carbocycles. The highest BCUT2D eigenvalue weighted by molar-refractivity contribution is 7.84. The van der Waals surface area contributed by atoms with Gasteiger partial charge in [-0.2, -0.15) is 0 Å². The van der Waals surface area contributed by atoms with E-state index in [1.54, 1.807) is 4.90 Å². The first kappa shape index (κ1) is 39.7. The zero-order valence-electron chi connectivity index (χ0n) is 34.9. The van der Waals surface area contributed by atoms with Gasteiger partial charge in [0.15, 0.2) is 0 Å². The second kappa shape index (κ2) is 14.9. The molecular weight excluding hydrogens is 804 g/mol. The Morgan fingerprint density at radius 3 is 2.10 bits per heavy atom. The third kappa shape index (κ3) is 6.72. The van der Waals surface area contributed by atoms with Crippen LogP contribution in [0.3, 0.4) is 0 Å². The number of aromatic nitrogens is 4. The lowest BCUT2D eigenvalue weighted by molar-refractivity contribution is -0.134. The molecule has 14 nitrogen and oxygen atoms in total. The van der Waals surface area contributed by atoms with Gasteiger partial charge in [0.05, 0.1) is 54.6 Å². The van der Waals surface area contributed by atoms with Crippen molar-refractivity contribution in [3.8, 4) is 11.1 Å². The molecule has 7 aromatic rings. The number of rotatable bonds is 9. The predicted molar refractivity (Wildman–Crippen MR) is 240 cm³/mol. The van der Waals surface area contributed by atoms with Crippen LogP contribution < -0.4 is 10.6 Å². The van der Waals surface area contributed by atoms with Gasteiger partial charge in [-0.1, -0.05) is 73.7 Å². The Morgan fingerprint density at radius 2 is 1.48 bits per heavy atom. The van der Waals surface area contributed by atoms with Gasteiger partial charge in [-0.15, -0.1) is 0 Å². The van der Waals surface area contributed by atoms with E-state index in [9.17, 15) is 24.1 Å². The molecule has 11 rings (SSSR count). The summed E-state index contributed by atoms with van der Waals surface area (Å²) in [6, 6.07) is 28.9. The van der Waals surface area contributed by atoms with E-state index in [0.29, 0.717) is 17.9 Å². The monoisotopic (exact) mass is 851 g/mol. The van der Waals surface area contributed by atoms with E-state index in [1.165, 1.54) is 20.4 Å². The van der Waals surface area contributed by atoms with Gasteiger partial charge in [0.25, 0.3) is 5.91 Å². The van der Waals surface area contributed by atoms with Crippen LogP contribution in [0.25, 0.3) is 54.7 Å². The van der Waals surface area contributed by atoms with Gasteiger partial charge in [0, 0.05) is 23.4 Å². The van der Waals surface area contributed by atoms with Gasteiger partial charge in [0.2, 0.25) is 13.4 Å². The number of nitrogens with zero attached hydrogens (tertiary/aromatic N) is 4. The number of likely N-dealkylation sites (tertiary alicyclic amines) is 1. The molecule has 1 saturated carbocycles. The van der Waals surface area contributed by atoms with Crippen molar-refractivity contribution >= 4 is 74.7 Å². The normalized spacial score (nSPS) is 21.4. The average molecular weight is 852 g/mol. The van der Waals surface area contributed by atoms with Crippen molar-refractivity contribution in [3.05, 3.63) is 108 Å². The summed E-state index contributed by atoms with van der Waals surface area (Å²) in [5.74, 6) is 1.08. The van der Waals surface area contributed by atoms with Gasteiger partial charge in [-0.05, 0) is 82.8 Å². The average Bonchev–Trinajstić information content (AvgIpc) is 4.10. The van der Waals surface area contributed by atoms with Crippen LogP contribution in [0.4, 0.5) is 9.59 Å². The fourth-order valence-corrected chi connectivity index (χ4v) is 10.5. The van der Waals surface area contributed by atoms with E-state index in [2.05, 4.69) is 80.8 Å². The lowest BCUT2D eigenvalue weighted by atomic mass is 9.68. The molecule has 3 saturated heterocycles. The molecule has 0 unspecified atom stereocenters. The summed E-state index contributed by atoms with van der Waals surface area (Å²) in [7, 11) is -1.61. The van der Waals surface area contributed by atoms with Crippen LogP contribution in [0.1, 0.15) is 67.9 Å². The number of carbonyl (C=O) groups is 4. The van der Waals surface area contributed by atoms with Crippen molar-refractivity contribution in [2.45, 2.75) is 56.8 Å². The van der Waals surface area contributed by atoms with Gasteiger partial charge < -0.3 is 35.1 Å². The predicted octanol–water partition coefficient (Wildman–Crippen LogP) is 8.12. The van der Waals surface area contributed by atoms with Crippen LogP contribution >= 0.6 is 7.49 Å². The topological polar surface area (TPSA) is 186 Å². The molecule has 4 amide bonds. The van der Waals surface area contributed by atoms with E-state index in [0.717, 1.165) is 86.2 Å². The van der Waals surface area contributed by atoms with Gasteiger partial charge in [-0.25, -0.2) is 24.5 Å². The summed E-state index contributed by atoms with van der Waals surface area (Å²) >= 11 is 0. The van der Waals surface area contributed by atoms with Crippen LogP contribution in [0.15, 0.2) is 91.0 Å². The fourth-order valence-electron chi connectivity index (χ4n) is 10.1. The van der Waals surface area contributed by atoms with Crippen molar-refractivity contribution in [3.63, 3.8) is 0 Å². The molecule has 1 aliphatic carbocycles. The maximum absolute atomic E-state index is 14.3. The molecule has 2 aromatic heterocycles. The number of benzene rings is 5. The fraction of sp³-hybridized carbons (Fsp3) is 0.319.